The van der Waals surface area contributed by atoms with Gasteiger partial charge in [-0.1, -0.05) is 45.8 Å². The van der Waals surface area contributed by atoms with E-state index in [-0.39, 0.29) is 57.6 Å². The highest BCUT2D eigenvalue weighted by atomic mass is 35.5. The van der Waals surface area contributed by atoms with Crippen molar-refractivity contribution in [3.63, 3.8) is 0 Å². The van der Waals surface area contributed by atoms with Crippen LogP contribution in [-0.4, -0.2) is 45.4 Å². The Morgan fingerprint density at radius 3 is 2.49 bits per heavy atom. The number of halogens is 3. The second-order valence-corrected chi connectivity index (χ2v) is 12.9. The third-order valence-electron chi connectivity index (χ3n) is 8.30. The van der Waals surface area contributed by atoms with Gasteiger partial charge in [0.05, 0.1) is 25.8 Å². The molecule has 1 saturated carbocycles. The Hall–Kier alpha value is -3.21. The van der Waals surface area contributed by atoms with Crippen LogP contribution in [0.3, 0.4) is 0 Å². The Labute approximate surface area is 248 Å². The summed E-state index contributed by atoms with van der Waals surface area (Å²) in [6, 6.07) is 8.41. The lowest BCUT2D eigenvalue weighted by Gasteiger charge is -2.38. The van der Waals surface area contributed by atoms with Crippen LogP contribution in [0.1, 0.15) is 70.6 Å². The average Bonchev–Trinajstić information content (AvgIpc) is 3.23. The number of benzene rings is 2. The zero-order chi connectivity index (χ0) is 28.6. The van der Waals surface area contributed by atoms with Crippen molar-refractivity contribution < 1.29 is 28.3 Å². The summed E-state index contributed by atoms with van der Waals surface area (Å²) in [6.45, 7) is 1.87. The smallest absolute Gasteiger partial charge is 0.344 e. The van der Waals surface area contributed by atoms with E-state index in [1.165, 1.54) is 11.3 Å². The van der Waals surface area contributed by atoms with Gasteiger partial charge in [0.1, 0.15) is 17.4 Å². The van der Waals surface area contributed by atoms with Gasteiger partial charge in [0.25, 0.3) is 0 Å². The number of anilines is 1. The zero-order valence-electron chi connectivity index (χ0n) is 21.8. The fourth-order valence-corrected chi connectivity index (χ4v) is 7.98. The van der Waals surface area contributed by atoms with Gasteiger partial charge >= 0.3 is 11.9 Å². The van der Waals surface area contributed by atoms with Crippen molar-refractivity contribution in [1.82, 2.24) is 10.1 Å². The van der Waals surface area contributed by atoms with Gasteiger partial charge in [-0.3, -0.25) is 0 Å². The zero-order valence-corrected chi connectivity index (χ0v) is 24.2. The van der Waals surface area contributed by atoms with Gasteiger partial charge in [-0.2, -0.15) is 0 Å². The first-order chi connectivity index (χ1) is 19.6. The molecule has 2 unspecified atom stereocenters. The van der Waals surface area contributed by atoms with E-state index in [0.29, 0.717) is 18.4 Å². The minimum absolute atomic E-state index is 0.0642. The minimum atomic E-state index is -1.76. The number of esters is 1. The highest BCUT2D eigenvalue weighted by Gasteiger charge is 2.53. The maximum Gasteiger partial charge on any atom is 0.344 e. The molecule has 2 aromatic heterocycles. The number of carboxylic acid groups (broad SMARTS) is 1. The van der Waals surface area contributed by atoms with Crippen LogP contribution in [0.25, 0.3) is 21.5 Å². The second-order valence-electron chi connectivity index (χ2n) is 11.0. The fourth-order valence-electron chi connectivity index (χ4n) is 6.18. The van der Waals surface area contributed by atoms with E-state index in [4.69, 9.17) is 37.4 Å². The number of aromatic carboxylic acids is 1. The van der Waals surface area contributed by atoms with E-state index in [1.54, 1.807) is 30.3 Å². The van der Waals surface area contributed by atoms with Gasteiger partial charge in [-0.25, -0.2) is 19.0 Å². The lowest BCUT2D eigenvalue weighted by Crippen LogP contribution is -2.46. The number of hydrogen-bond donors (Lipinski definition) is 1. The SMILES string of the molecule is Cc1cc(C(=O)O)cc2sc(N3C4CCC3CC(OC(=O)c3c(-c5c(Cl)cccc5Cl)noc3C3(F)CC3)C4)nc12. The van der Waals surface area contributed by atoms with E-state index in [0.717, 1.165) is 33.8 Å². The molecule has 0 spiro atoms. The molecule has 3 aliphatic rings. The number of hydrogen-bond acceptors (Lipinski definition) is 8. The van der Waals surface area contributed by atoms with E-state index < -0.39 is 23.7 Å². The van der Waals surface area contributed by atoms with Gasteiger partial charge in [0.15, 0.2) is 16.6 Å². The summed E-state index contributed by atoms with van der Waals surface area (Å²) in [5.41, 5.74) is 0.412. The molecule has 0 radical (unpaired) electrons. The first-order valence-electron chi connectivity index (χ1n) is 13.4. The van der Waals surface area contributed by atoms with Crippen LogP contribution in [0.2, 0.25) is 10.0 Å². The Morgan fingerprint density at radius 1 is 1.17 bits per heavy atom. The molecule has 212 valence electrons. The van der Waals surface area contributed by atoms with Gasteiger partial charge in [0.2, 0.25) is 0 Å². The molecule has 2 bridgehead atoms. The van der Waals surface area contributed by atoms with E-state index in [9.17, 15) is 14.7 Å². The molecule has 1 N–H and O–H groups in total. The molecule has 4 heterocycles. The summed E-state index contributed by atoms with van der Waals surface area (Å²) in [5, 5.41) is 14.9. The van der Waals surface area contributed by atoms with Crippen molar-refractivity contribution in [3.8, 4) is 11.3 Å². The molecule has 7 rings (SSSR count). The molecule has 4 aromatic rings. The predicted molar refractivity (Wildman–Crippen MR) is 153 cm³/mol. The summed E-state index contributed by atoms with van der Waals surface area (Å²) in [7, 11) is 0. The lowest BCUT2D eigenvalue weighted by atomic mass is 9.99. The molecular weight excluding hydrogens is 592 g/mol. The van der Waals surface area contributed by atoms with Crippen LogP contribution in [0.5, 0.6) is 0 Å². The molecule has 2 aliphatic heterocycles. The number of fused-ring (bicyclic) bond motifs is 3. The predicted octanol–water partition coefficient (Wildman–Crippen LogP) is 7.58. The second kappa shape index (κ2) is 9.68. The standard InChI is InChI=1S/C29H24Cl2FN3O5S/c1-13-9-14(26(36)37)10-20-23(13)33-28(41-20)35-15-5-6-16(35)12-17(11-15)39-27(38)22-24(21-18(30)3-2-4-19(21)31)34-40-25(22)29(32)7-8-29/h2-4,9-10,15-17H,5-8,11-12H2,1H3,(H,36,37). The van der Waals surface area contributed by atoms with Crippen molar-refractivity contribution in [2.24, 2.45) is 0 Å². The van der Waals surface area contributed by atoms with Crippen molar-refractivity contribution in [1.29, 1.82) is 0 Å². The number of aryl methyl sites for hydroxylation is 1. The Morgan fingerprint density at radius 2 is 1.85 bits per heavy atom. The number of aromatic nitrogens is 2. The number of carbonyl (C=O) groups is 2. The molecule has 2 saturated heterocycles. The van der Waals surface area contributed by atoms with Gasteiger partial charge in [-0.15, -0.1) is 0 Å². The lowest BCUT2D eigenvalue weighted by molar-refractivity contribution is 0.0198. The number of carboxylic acids is 1. The first kappa shape index (κ1) is 26.7. The third kappa shape index (κ3) is 4.47. The van der Waals surface area contributed by atoms with Crippen LogP contribution in [0.4, 0.5) is 9.52 Å². The number of nitrogens with zero attached hydrogens (tertiary/aromatic N) is 3. The molecular formula is C29H24Cl2FN3O5S. The van der Waals surface area contributed by atoms with Crippen LogP contribution in [0, 0.1) is 6.92 Å². The maximum atomic E-state index is 15.3. The number of alkyl halides is 1. The number of carbonyl (C=O) groups excluding carboxylic acids is 1. The van der Waals surface area contributed by atoms with Crippen molar-refractivity contribution >= 4 is 61.8 Å². The van der Waals surface area contributed by atoms with E-state index >= 15 is 4.39 Å². The Kier molecular flexibility index (Phi) is 6.29. The quantitative estimate of drug-likeness (QED) is 0.221. The first-order valence-corrected chi connectivity index (χ1v) is 15.0. The van der Waals surface area contributed by atoms with Gasteiger partial charge in [0, 0.05) is 30.5 Å². The number of rotatable bonds is 6. The summed E-state index contributed by atoms with van der Waals surface area (Å²) >= 11 is 14.3. The molecule has 41 heavy (non-hydrogen) atoms. The highest BCUT2D eigenvalue weighted by Crippen LogP contribution is 2.53. The molecule has 2 atom stereocenters. The van der Waals surface area contributed by atoms with Crippen molar-refractivity contribution in [3.05, 3.63) is 62.8 Å². The molecule has 8 nitrogen and oxygen atoms in total. The van der Waals surface area contributed by atoms with Crippen LogP contribution in [-0.2, 0) is 10.4 Å². The Balaban J connectivity index is 1.15. The largest absolute Gasteiger partial charge is 0.478 e. The topological polar surface area (TPSA) is 106 Å². The van der Waals surface area contributed by atoms with Gasteiger partial charge in [-0.05, 0) is 62.4 Å². The van der Waals surface area contributed by atoms with Gasteiger partial charge < -0.3 is 19.3 Å². The molecule has 2 aromatic carbocycles. The summed E-state index contributed by atoms with van der Waals surface area (Å²) in [6.07, 6.45) is 3.08. The van der Waals surface area contributed by atoms with E-state index in [1.807, 2.05) is 6.92 Å². The summed E-state index contributed by atoms with van der Waals surface area (Å²) < 4.78 is 27.5. The average molecular weight is 616 g/mol. The monoisotopic (exact) mass is 615 g/mol. The van der Waals surface area contributed by atoms with Crippen molar-refractivity contribution in [2.75, 3.05) is 4.90 Å². The maximum absolute atomic E-state index is 15.3. The third-order valence-corrected chi connectivity index (χ3v) is 9.94. The highest BCUT2D eigenvalue weighted by molar-refractivity contribution is 7.22. The molecule has 12 heteroatoms. The fraction of sp³-hybridized carbons (Fsp3) is 0.379. The summed E-state index contributed by atoms with van der Waals surface area (Å²) in [4.78, 5) is 32.4. The molecule has 1 aliphatic carbocycles. The normalized spacial score (nSPS) is 22.7. The summed E-state index contributed by atoms with van der Waals surface area (Å²) in [5.74, 6) is -1.81. The molecule has 3 fully saturated rings. The number of thiazole rings is 1. The minimum Gasteiger partial charge on any atom is -0.478 e. The van der Waals surface area contributed by atoms with Crippen LogP contribution < -0.4 is 4.90 Å². The van der Waals surface area contributed by atoms with E-state index in [2.05, 4.69) is 10.1 Å². The Bertz CT molecular complexity index is 1700. The van der Waals surface area contributed by atoms with Crippen LogP contribution in [0.15, 0.2) is 34.9 Å². The van der Waals surface area contributed by atoms with Crippen LogP contribution >= 0.6 is 34.5 Å². The number of piperidine rings is 1. The molecule has 0 amide bonds. The van der Waals surface area contributed by atoms with Crippen molar-refractivity contribution in [2.45, 2.75) is 69.3 Å². The number of ether oxygens (including phenoxy) is 1.